The first kappa shape index (κ1) is 24.2. The molecular formula is C27H26N4O3S. The predicted molar refractivity (Wildman–Crippen MR) is 137 cm³/mol. The van der Waals surface area contributed by atoms with Gasteiger partial charge in [0.05, 0.1) is 5.25 Å². The molecule has 0 fully saturated rings. The van der Waals surface area contributed by atoms with Crippen molar-refractivity contribution in [2.75, 3.05) is 5.32 Å². The summed E-state index contributed by atoms with van der Waals surface area (Å²) >= 11 is 1.31. The normalized spacial score (nSPS) is 11.6. The Morgan fingerprint density at radius 1 is 0.971 bits per heavy atom. The molecule has 0 spiro atoms. The predicted octanol–water partition coefficient (Wildman–Crippen LogP) is 5.48. The van der Waals surface area contributed by atoms with Gasteiger partial charge in [0.1, 0.15) is 12.4 Å². The second-order valence-electron chi connectivity index (χ2n) is 8.01. The maximum absolute atomic E-state index is 12.9. The SMILES string of the molecule is CC(=O)c1ccc(NC(=O)[C@@H](C)Sc2nnc(COc3ccccc3C)n2-c2ccccc2)cc1. The number of para-hydroxylation sites is 2. The largest absolute Gasteiger partial charge is 0.485 e. The van der Waals surface area contributed by atoms with Crippen LogP contribution in [0.15, 0.2) is 84.0 Å². The number of amides is 1. The number of hydrogen-bond acceptors (Lipinski definition) is 6. The summed E-state index contributed by atoms with van der Waals surface area (Å²) in [5, 5.41) is 11.8. The van der Waals surface area contributed by atoms with Crippen molar-refractivity contribution in [3.8, 4) is 11.4 Å². The molecule has 3 aromatic carbocycles. The zero-order valence-electron chi connectivity index (χ0n) is 19.8. The molecule has 35 heavy (non-hydrogen) atoms. The summed E-state index contributed by atoms with van der Waals surface area (Å²) in [6, 6.07) is 24.4. The number of nitrogens with zero attached hydrogens (tertiary/aromatic N) is 3. The number of Topliss-reactive ketones (excluding diaryl/α,β-unsaturated/α-hetero) is 1. The first-order valence-electron chi connectivity index (χ1n) is 11.2. The molecule has 0 saturated carbocycles. The van der Waals surface area contributed by atoms with E-state index < -0.39 is 5.25 Å². The number of ketones is 1. The second kappa shape index (κ2) is 11.0. The van der Waals surface area contributed by atoms with Crippen LogP contribution >= 0.6 is 11.8 Å². The molecule has 0 aliphatic heterocycles. The van der Waals surface area contributed by atoms with E-state index in [1.807, 2.05) is 73.0 Å². The zero-order chi connectivity index (χ0) is 24.8. The number of thioether (sulfide) groups is 1. The molecule has 1 atom stereocenters. The third kappa shape index (κ3) is 5.96. The lowest BCUT2D eigenvalue weighted by atomic mass is 10.1. The minimum absolute atomic E-state index is 0.0192. The number of carbonyl (C=O) groups excluding carboxylic acids is 2. The number of hydrogen-bond donors (Lipinski definition) is 1. The maximum Gasteiger partial charge on any atom is 0.237 e. The third-order valence-corrected chi connectivity index (χ3v) is 6.42. The van der Waals surface area contributed by atoms with Gasteiger partial charge in [-0.2, -0.15) is 0 Å². The summed E-state index contributed by atoms with van der Waals surface area (Å²) in [7, 11) is 0. The van der Waals surface area contributed by atoms with Crippen molar-refractivity contribution < 1.29 is 14.3 Å². The maximum atomic E-state index is 12.9. The molecule has 0 aliphatic carbocycles. The topological polar surface area (TPSA) is 86.1 Å². The van der Waals surface area contributed by atoms with Crippen LogP contribution in [-0.4, -0.2) is 31.7 Å². The van der Waals surface area contributed by atoms with Crippen molar-refractivity contribution in [3.05, 3.63) is 95.8 Å². The van der Waals surface area contributed by atoms with Crippen molar-refractivity contribution in [2.24, 2.45) is 0 Å². The Morgan fingerprint density at radius 3 is 2.34 bits per heavy atom. The van der Waals surface area contributed by atoms with E-state index >= 15 is 0 Å². The van der Waals surface area contributed by atoms with Crippen molar-refractivity contribution in [1.82, 2.24) is 14.8 Å². The summed E-state index contributed by atoms with van der Waals surface area (Å²) < 4.78 is 7.93. The van der Waals surface area contributed by atoms with Crippen molar-refractivity contribution >= 4 is 29.1 Å². The molecule has 0 unspecified atom stereocenters. The highest BCUT2D eigenvalue weighted by Crippen LogP contribution is 2.27. The third-order valence-electron chi connectivity index (χ3n) is 5.38. The van der Waals surface area contributed by atoms with Crippen LogP contribution in [0.3, 0.4) is 0 Å². The molecule has 8 heteroatoms. The van der Waals surface area contributed by atoms with Gasteiger partial charge < -0.3 is 10.1 Å². The number of nitrogens with one attached hydrogen (secondary N) is 1. The van der Waals surface area contributed by atoms with Gasteiger partial charge in [0, 0.05) is 16.9 Å². The van der Waals surface area contributed by atoms with Gasteiger partial charge in [0.15, 0.2) is 16.8 Å². The quantitative estimate of drug-likeness (QED) is 0.249. The number of anilines is 1. The van der Waals surface area contributed by atoms with Crippen LogP contribution < -0.4 is 10.1 Å². The Balaban J connectivity index is 1.51. The van der Waals surface area contributed by atoms with Crippen molar-refractivity contribution in [3.63, 3.8) is 0 Å². The molecule has 0 aliphatic rings. The summed E-state index contributed by atoms with van der Waals surface area (Å²) in [6.45, 7) is 5.55. The molecule has 0 radical (unpaired) electrons. The summed E-state index contributed by atoms with van der Waals surface area (Å²) in [5.74, 6) is 1.22. The smallest absolute Gasteiger partial charge is 0.237 e. The lowest BCUT2D eigenvalue weighted by Crippen LogP contribution is -2.23. The highest BCUT2D eigenvalue weighted by Gasteiger charge is 2.22. The highest BCUT2D eigenvalue weighted by atomic mass is 32.2. The lowest BCUT2D eigenvalue weighted by Gasteiger charge is -2.14. The number of rotatable bonds is 9. The molecule has 1 N–H and O–H groups in total. The fourth-order valence-electron chi connectivity index (χ4n) is 3.41. The van der Waals surface area contributed by atoms with Crippen molar-refractivity contribution in [2.45, 2.75) is 37.8 Å². The molecule has 7 nitrogen and oxygen atoms in total. The fraction of sp³-hybridized carbons (Fsp3) is 0.185. The van der Waals surface area contributed by atoms with Gasteiger partial charge in [-0.25, -0.2) is 0 Å². The minimum atomic E-state index is -0.445. The lowest BCUT2D eigenvalue weighted by molar-refractivity contribution is -0.115. The first-order chi connectivity index (χ1) is 16.9. The van der Waals surface area contributed by atoms with Crippen molar-refractivity contribution in [1.29, 1.82) is 0 Å². The van der Waals surface area contributed by atoms with Gasteiger partial charge in [-0.3, -0.25) is 14.2 Å². The standard InChI is InChI=1S/C27H26N4O3S/c1-18-9-7-8-12-24(18)34-17-25-29-30-27(31(25)23-10-5-4-6-11-23)35-20(3)26(33)28-22-15-13-21(14-16-22)19(2)32/h4-16,20H,17H2,1-3H3,(H,28,33)/t20-/m1/s1. The Bertz CT molecular complexity index is 1320. The Kier molecular flexibility index (Phi) is 7.62. The molecule has 4 aromatic rings. The molecule has 1 amide bonds. The Morgan fingerprint density at radius 2 is 1.66 bits per heavy atom. The summed E-state index contributed by atoms with van der Waals surface area (Å²) in [6.07, 6.45) is 0. The number of aryl methyl sites for hydroxylation is 1. The average molecular weight is 487 g/mol. The van der Waals surface area contributed by atoms with Crippen LogP contribution in [-0.2, 0) is 11.4 Å². The van der Waals surface area contributed by atoms with E-state index in [2.05, 4.69) is 15.5 Å². The van der Waals surface area contributed by atoms with Crippen LogP contribution in [0.2, 0.25) is 0 Å². The molecule has 0 bridgehead atoms. The van der Waals surface area contributed by atoms with Gasteiger partial charge in [-0.1, -0.05) is 48.2 Å². The van der Waals surface area contributed by atoms with E-state index in [9.17, 15) is 9.59 Å². The monoisotopic (exact) mass is 486 g/mol. The molecule has 178 valence electrons. The van der Waals surface area contributed by atoms with Gasteiger partial charge in [0.25, 0.3) is 0 Å². The second-order valence-corrected chi connectivity index (χ2v) is 9.31. The number of aromatic nitrogens is 3. The van der Waals surface area contributed by atoms with E-state index in [1.54, 1.807) is 24.3 Å². The van der Waals surface area contributed by atoms with Gasteiger partial charge in [0.2, 0.25) is 5.91 Å². The van der Waals surface area contributed by atoms with E-state index in [1.165, 1.54) is 18.7 Å². The van der Waals surface area contributed by atoms with Crippen LogP contribution in [0.4, 0.5) is 5.69 Å². The van der Waals surface area contributed by atoms with E-state index in [0.29, 0.717) is 22.2 Å². The van der Waals surface area contributed by atoms with Crippen LogP contribution in [0.25, 0.3) is 5.69 Å². The molecule has 1 heterocycles. The Labute approximate surface area is 208 Å². The Hall–Kier alpha value is -3.91. The molecule has 1 aromatic heterocycles. The van der Waals surface area contributed by atoms with Crippen LogP contribution in [0.5, 0.6) is 5.75 Å². The molecular weight excluding hydrogens is 460 g/mol. The molecule has 4 rings (SSSR count). The average Bonchev–Trinajstić information content (AvgIpc) is 3.26. The molecule has 0 saturated heterocycles. The van der Waals surface area contributed by atoms with Gasteiger partial charge in [-0.05, 0) is 68.8 Å². The minimum Gasteiger partial charge on any atom is -0.485 e. The van der Waals surface area contributed by atoms with Crippen LogP contribution in [0.1, 0.15) is 35.6 Å². The van der Waals surface area contributed by atoms with Gasteiger partial charge in [-0.15, -0.1) is 10.2 Å². The first-order valence-corrected chi connectivity index (χ1v) is 12.1. The van der Waals surface area contributed by atoms with Crippen LogP contribution in [0, 0.1) is 6.92 Å². The fourth-order valence-corrected chi connectivity index (χ4v) is 4.30. The van der Waals surface area contributed by atoms with Gasteiger partial charge >= 0.3 is 0 Å². The summed E-state index contributed by atoms with van der Waals surface area (Å²) in [4.78, 5) is 24.3. The van der Waals surface area contributed by atoms with E-state index in [-0.39, 0.29) is 18.3 Å². The van der Waals surface area contributed by atoms with E-state index in [4.69, 9.17) is 4.74 Å². The number of benzene rings is 3. The number of ether oxygens (including phenoxy) is 1. The zero-order valence-corrected chi connectivity index (χ0v) is 20.6. The van der Waals surface area contributed by atoms with E-state index in [0.717, 1.165) is 17.0 Å². The summed E-state index contributed by atoms with van der Waals surface area (Å²) in [5.41, 5.74) is 3.15. The highest BCUT2D eigenvalue weighted by molar-refractivity contribution is 8.00. The number of carbonyl (C=O) groups is 2.